The Kier molecular flexibility index (Phi) is 7.00. The van der Waals surface area contributed by atoms with E-state index in [0.717, 1.165) is 20.1 Å². The van der Waals surface area contributed by atoms with Crippen LogP contribution in [-0.4, -0.2) is 39.0 Å². The van der Waals surface area contributed by atoms with Crippen molar-refractivity contribution in [3.05, 3.63) is 80.8 Å². The van der Waals surface area contributed by atoms with E-state index in [4.69, 9.17) is 18.9 Å². The highest BCUT2D eigenvalue weighted by atomic mass is 79.9. The maximum absolute atomic E-state index is 5.97. The van der Waals surface area contributed by atoms with E-state index in [2.05, 4.69) is 31.9 Å². The summed E-state index contributed by atoms with van der Waals surface area (Å²) >= 11 is 7.17. The highest BCUT2D eigenvalue weighted by molar-refractivity contribution is 9.12. The summed E-state index contributed by atoms with van der Waals surface area (Å²) in [7, 11) is 0. The van der Waals surface area contributed by atoms with Gasteiger partial charge >= 0.3 is 0 Å². The molecule has 29 heavy (non-hydrogen) atoms. The molecule has 2 aromatic carbocycles. The van der Waals surface area contributed by atoms with E-state index < -0.39 is 12.6 Å². The highest BCUT2D eigenvalue weighted by Crippen LogP contribution is 2.35. The number of benzene rings is 2. The largest absolute Gasteiger partial charge is 0.347 e. The van der Waals surface area contributed by atoms with E-state index in [-0.39, 0.29) is 5.41 Å². The summed E-state index contributed by atoms with van der Waals surface area (Å²) in [4.78, 5) is 0. The number of hydrogen-bond donors (Lipinski definition) is 0. The summed E-state index contributed by atoms with van der Waals surface area (Å²) in [6.45, 7) is 2.06. The first-order valence-corrected chi connectivity index (χ1v) is 11.0. The molecule has 6 heteroatoms. The average Bonchev–Trinajstić information content (AvgIpc) is 2.76. The first-order chi connectivity index (χ1) is 14.1. The van der Waals surface area contributed by atoms with Crippen LogP contribution in [0.5, 0.6) is 0 Å². The van der Waals surface area contributed by atoms with Gasteiger partial charge in [0.1, 0.15) is 0 Å². The van der Waals surface area contributed by atoms with Gasteiger partial charge in [-0.15, -0.1) is 0 Å². The second kappa shape index (κ2) is 9.69. The monoisotopic (exact) mass is 520 g/mol. The second-order valence-corrected chi connectivity index (χ2v) is 9.12. The molecule has 2 fully saturated rings. The quantitative estimate of drug-likeness (QED) is 0.525. The molecule has 2 aromatic rings. The minimum absolute atomic E-state index is 0.285. The standard InChI is InChI=1S/C23H22Br2O4/c24-19(11-17-7-3-1-4-8-17)21-26-13-23(14-27-21)15-28-22(29-16-23)20(25)12-18-9-5-2-6-10-18/h1-12,21-22H,13-16H2. The highest BCUT2D eigenvalue weighted by Gasteiger charge is 2.43. The third-order valence-corrected chi connectivity index (χ3v) is 6.03. The molecular weight excluding hydrogens is 500 g/mol. The van der Waals surface area contributed by atoms with Gasteiger partial charge in [-0.05, 0) is 23.3 Å². The van der Waals surface area contributed by atoms with E-state index in [9.17, 15) is 0 Å². The average molecular weight is 522 g/mol. The topological polar surface area (TPSA) is 36.9 Å². The van der Waals surface area contributed by atoms with Crippen molar-refractivity contribution in [1.82, 2.24) is 0 Å². The van der Waals surface area contributed by atoms with Crippen LogP contribution in [0.4, 0.5) is 0 Å². The molecule has 0 radical (unpaired) electrons. The van der Waals surface area contributed by atoms with E-state index in [1.54, 1.807) is 0 Å². The fraction of sp³-hybridized carbons (Fsp3) is 0.304. The van der Waals surface area contributed by atoms with Gasteiger partial charge < -0.3 is 18.9 Å². The van der Waals surface area contributed by atoms with Gasteiger partial charge in [0.2, 0.25) is 0 Å². The van der Waals surface area contributed by atoms with Crippen molar-refractivity contribution < 1.29 is 18.9 Å². The molecule has 2 heterocycles. The second-order valence-electron chi connectivity index (χ2n) is 7.29. The molecule has 4 rings (SSSR count). The fourth-order valence-corrected chi connectivity index (χ4v) is 4.28. The summed E-state index contributed by atoms with van der Waals surface area (Å²) < 4.78 is 25.6. The first kappa shape index (κ1) is 21.0. The predicted molar refractivity (Wildman–Crippen MR) is 121 cm³/mol. The molecule has 2 saturated heterocycles. The van der Waals surface area contributed by atoms with Crippen LogP contribution < -0.4 is 0 Å². The number of halogens is 2. The SMILES string of the molecule is BrC(=Cc1ccccc1)C1OCC2(CO1)COC(C(Br)=Cc1ccccc1)OC2. The van der Waals surface area contributed by atoms with Gasteiger partial charge in [-0.2, -0.15) is 0 Å². The molecule has 0 amide bonds. The summed E-state index contributed by atoms with van der Waals surface area (Å²) in [6.07, 6.45) is 3.20. The zero-order valence-corrected chi connectivity index (χ0v) is 19.0. The normalized spacial score (nSPS) is 28.5. The molecule has 2 aliphatic heterocycles. The van der Waals surface area contributed by atoms with E-state index in [1.807, 2.05) is 72.8 Å². The molecule has 4 nitrogen and oxygen atoms in total. The molecule has 0 bridgehead atoms. The van der Waals surface area contributed by atoms with Crippen LogP contribution in [0.1, 0.15) is 11.1 Å². The van der Waals surface area contributed by atoms with Crippen LogP contribution in [0.2, 0.25) is 0 Å². The van der Waals surface area contributed by atoms with Gasteiger partial charge in [-0.3, -0.25) is 0 Å². The zero-order chi connectivity index (χ0) is 20.1. The molecule has 0 saturated carbocycles. The lowest BCUT2D eigenvalue weighted by Gasteiger charge is -2.43. The molecular formula is C23H22Br2O4. The molecule has 0 aliphatic carbocycles. The Balaban J connectivity index is 1.31. The van der Waals surface area contributed by atoms with Gasteiger partial charge in [0.05, 0.1) is 40.8 Å². The van der Waals surface area contributed by atoms with Gasteiger partial charge in [-0.1, -0.05) is 92.5 Å². The summed E-state index contributed by atoms with van der Waals surface area (Å²) in [5.74, 6) is 0. The van der Waals surface area contributed by atoms with Crippen molar-refractivity contribution in [3.63, 3.8) is 0 Å². The van der Waals surface area contributed by atoms with Crippen molar-refractivity contribution in [2.75, 3.05) is 26.4 Å². The van der Waals surface area contributed by atoms with Crippen molar-refractivity contribution in [2.24, 2.45) is 5.41 Å². The lowest BCUT2D eigenvalue weighted by Crippen LogP contribution is -2.52. The molecule has 0 N–H and O–H groups in total. The Labute approximate surface area is 187 Å². The maximum Gasteiger partial charge on any atom is 0.190 e. The molecule has 1 spiro atoms. The van der Waals surface area contributed by atoms with Gasteiger partial charge in [0, 0.05) is 0 Å². The van der Waals surface area contributed by atoms with Crippen LogP contribution >= 0.6 is 31.9 Å². The fourth-order valence-electron chi connectivity index (χ4n) is 3.23. The molecule has 0 aromatic heterocycles. The van der Waals surface area contributed by atoms with Gasteiger partial charge in [0.25, 0.3) is 0 Å². The third kappa shape index (κ3) is 5.45. The van der Waals surface area contributed by atoms with Crippen molar-refractivity contribution in [1.29, 1.82) is 0 Å². The van der Waals surface area contributed by atoms with Crippen LogP contribution in [0.15, 0.2) is 69.6 Å². The minimum Gasteiger partial charge on any atom is -0.347 e. The summed E-state index contributed by atoms with van der Waals surface area (Å²) in [5.41, 5.74) is 1.90. The van der Waals surface area contributed by atoms with Crippen molar-refractivity contribution >= 4 is 44.0 Å². The van der Waals surface area contributed by atoms with Crippen molar-refractivity contribution in [2.45, 2.75) is 12.6 Å². The minimum atomic E-state index is -0.414. The Morgan fingerprint density at radius 2 is 1.00 bits per heavy atom. The van der Waals surface area contributed by atoms with Crippen LogP contribution in [-0.2, 0) is 18.9 Å². The number of rotatable bonds is 4. The molecule has 2 aliphatic rings. The van der Waals surface area contributed by atoms with Crippen LogP contribution in [0.3, 0.4) is 0 Å². The first-order valence-electron chi connectivity index (χ1n) is 9.44. The Hall–Kier alpha value is -1.28. The van der Waals surface area contributed by atoms with E-state index >= 15 is 0 Å². The van der Waals surface area contributed by atoms with E-state index in [1.165, 1.54) is 0 Å². The predicted octanol–water partition coefficient (Wildman–Crippen LogP) is 5.59. The summed E-state index contributed by atoms with van der Waals surface area (Å²) in [6, 6.07) is 20.1. The zero-order valence-electron chi connectivity index (χ0n) is 15.8. The van der Waals surface area contributed by atoms with Gasteiger partial charge in [-0.25, -0.2) is 0 Å². The third-order valence-electron chi connectivity index (χ3n) is 4.82. The van der Waals surface area contributed by atoms with Gasteiger partial charge in [0.15, 0.2) is 12.6 Å². The maximum atomic E-state index is 5.97. The number of ether oxygens (including phenoxy) is 4. The Bertz CT molecular complexity index is 774. The van der Waals surface area contributed by atoms with Crippen LogP contribution in [0, 0.1) is 5.41 Å². The molecule has 0 unspecified atom stereocenters. The smallest absolute Gasteiger partial charge is 0.190 e. The number of hydrogen-bond acceptors (Lipinski definition) is 4. The lowest BCUT2D eigenvalue weighted by atomic mass is 9.91. The summed E-state index contributed by atoms with van der Waals surface area (Å²) in [5, 5.41) is 0. The Morgan fingerprint density at radius 3 is 1.34 bits per heavy atom. The van der Waals surface area contributed by atoms with Crippen LogP contribution in [0.25, 0.3) is 12.2 Å². The molecule has 152 valence electrons. The Morgan fingerprint density at radius 1 is 0.655 bits per heavy atom. The van der Waals surface area contributed by atoms with Crippen molar-refractivity contribution in [3.8, 4) is 0 Å². The molecule has 0 atom stereocenters. The lowest BCUT2D eigenvalue weighted by molar-refractivity contribution is -0.283. The van der Waals surface area contributed by atoms with E-state index in [0.29, 0.717) is 26.4 Å².